The van der Waals surface area contributed by atoms with E-state index in [2.05, 4.69) is 28.7 Å². The van der Waals surface area contributed by atoms with Crippen LogP contribution in [-0.2, 0) is 11.3 Å². The molecule has 2 rings (SSSR count). The van der Waals surface area contributed by atoms with Crippen LogP contribution in [0, 0.1) is 0 Å². The van der Waals surface area contributed by atoms with Crippen LogP contribution >= 0.6 is 0 Å². The van der Waals surface area contributed by atoms with Crippen molar-refractivity contribution >= 4 is 5.91 Å². The first kappa shape index (κ1) is 18.0. The van der Waals surface area contributed by atoms with Gasteiger partial charge in [0.2, 0.25) is 5.91 Å². The number of nitrogens with two attached hydrogens (primary N) is 1. The molecule has 6 heteroatoms. The minimum absolute atomic E-state index is 0.422. The van der Waals surface area contributed by atoms with Crippen molar-refractivity contribution in [2.24, 2.45) is 5.73 Å². The van der Waals surface area contributed by atoms with E-state index in [0.717, 1.165) is 25.2 Å². The normalized spacial score (nSPS) is 11.0. The van der Waals surface area contributed by atoms with Crippen molar-refractivity contribution in [2.75, 3.05) is 26.2 Å². The van der Waals surface area contributed by atoms with E-state index < -0.39 is 5.91 Å². The van der Waals surface area contributed by atoms with Gasteiger partial charge in [-0.2, -0.15) is 0 Å². The van der Waals surface area contributed by atoms with Gasteiger partial charge in [-0.15, -0.1) is 0 Å². The van der Waals surface area contributed by atoms with Crippen molar-refractivity contribution in [1.29, 1.82) is 0 Å². The fourth-order valence-corrected chi connectivity index (χ4v) is 2.31. The van der Waals surface area contributed by atoms with Gasteiger partial charge in [0.05, 0.1) is 24.6 Å². The Labute approximate surface area is 142 Å². The Kier molecular flexibility index (Phi) is 6.84. The molecule has 0 saturated heterocycles. The van der Waals surface area contributed by atoms with Crippen LogP contribution in [0.15, 0.2) is 36.7 Å². The van der Waals surface area contributed by atoms with Crippen molar-refractivity contribution in [3.05, 3.63) is 47.8 Å². The highest BCUT2D eigenvalue weighted by molar-refractivity contribution is 5.93. The summed E-state index contributed by atoms with van der Waals surface area (Å²) in [6.07, 6.45) is 3.33. The predicted molar refractivity (Wildman–Crippen MR) is 93.4 cm³/mol. The zero-order valence-electron chi connectivity index (χ0n) is 14.2. The first-order valence-electron chi connectivity index (χ1n) is 8.15. The summed E-state index contributed by atoms with van der Waals surface area (Å²) < 4.78 is 5.69. The van der Waals surface area contributed by atoms with Crippen LogP contribution in [0.2, 0.25) is 0 Å². The number of pyridine rings is 2. The number of rotatable bonds is 9. The lowest BCUT2D eigenvalue weighted by Crippen LogP contribution is -2.26. The largest absolute Gasteiger partial charge is 0.375 e. The maximum absolute atomic E-state index is 11.2. The van der Waals surface area contributed by atoms with Gasteiger partial charge in [0.15, 0.2) is 0 Å². The zero-order chi connectivity index (χ0) is 17.4. The van der Waals surface area contributed by atoms with Crippen LogP contribution in [-0.4, -0.2) is 47.0 Å². The predicted octanol–water partition coefficient (Wildman–Crippen LogP) is 2.10. The highest BCUT2D eigenvalue weighted by Crippen LogP contribution is 2.16. The summed E-state index contributed by atoms with van der Waals surface area (Å²) in [6.45, 7) is 8.53. The van der Waals surface area contributed by atoms with Crippen molar-refractivity contribution in [2.45, 2.75) is 20.5 Å². The first-order chi connectivity index (χ1) is 11.6. The van der Waals surface area contributed by atoms with Crippen molar-refractivity contribution in [3.63, 3.8) is 0 Å². The molecule has 2 aromatic rings. The van der Waals surface area contributed by atoms with Crippen LogP contribution in [0.1, 0.15) is 29.8 Å². The molecule has 0 aliphatic carbocycles. The van der Waals surface area contributed by atoms with Crippen LogP contribution in [0.5, 0.6) is 0 Å². The molecule has 0 aliphatic heterocycles. The molecule has 2 N–H and O–H groups in total. The van der Waals surface area contributed by atoms with E-state index in [4.69, 9.17) is 10.5 Å². The van der Waals surface area contributed by atoms with Crippen LogP contribution in [0.25, 0.3) is 11.4 Å². The highest BCUT2D eigenvalue weighted by Gasteiger charge is 2.06. The lowest BCUT2D eigenvalue weighted by molar-refractivity contribution is 0.0955. The molecule has 2 aromatic heterocycles. The van der Waals surface area contributed by atoms with Crippen molar-refractivity contribution < 1.29 is 9.53 Å². The van der Waals surface area contributed by atoms with E-state index in [1.54, 1.807) is 24.5 Å². The maximum Gasteiger partial charge on any atom is 0.248 e. The average molecular weight is 328 g/mol. The number of carbonyl (C=O) groups is 1. The van der Waals surface area contributed by atoms with Crippen LogP contribution < -0.4 is 5.73 Å². The molecule has 128 valence electrons. The van der Waals surface area contributed by atoms with Crippen LogP contribution in [0.3, 0.4) is 0 Å². The molecule has 0 unspecified atom stereocenters. The molecular weight excluding hydrogens is 304 g/mol. The summed E-state index contributed by atoms with van der Waals surface area (Å²) in [7, 11) is 0. The van der Waals surface area contributed by atoms with Gasteiger partial charge in [0.1, 0.15) is 0 Å². The Bertz CT molecular complexity index is 654. The summed E-state index contributed by atoms with van der Waals surface area (Å²) in [5, 5.41) is 0. The SMILES string of the molecule is CCN(CC)CCOCc1ccc(-c2cc(C(N)=O)ccn2)nc1. The summed E-state index contributed by atoms with van der Waals surface area (Å²) in [4.78, 5) is 22.2. The zero-order valence-corrected chi connectivity index (χ0v) is 14.2. The molecule has 0 aromatic carbocycles. The number of nitrogens with zero attached hydrogens (tertiary/aromatic N) is 3. The number of hydrogen-bond acceptors (Lipinski definition) is 5. The van der Waals surface area contributed by atoms with Crippen LogP contribution in [0.4, 0.5) is 0 Å². The van der Waals surface area contributed by atoms with E-state index in [9.17, 15) is 4.79 Å². The van der Waals surface area contributed by atoms with E-state index in [-0.39, 0.29) is 0 Å². The molecule has 1 amide bonds. The lowest BCUT2D eigenvalue weighted by atomic mass is 10.1. The minimum atomic E-state index is -0.475. The quantitative estimate of drug-likeness (QED) is 0.713. The van der Waals surface area contributed by atoms with Gasteiger partial charge < -0.3 is 15.4 Å². The second kappa shape index (κ2) is 9.10. The molecule has 0 radical (unpaired) electrons. The molecule has 0 bridgehead atoms. The molecular formula is C18H24N4O2. The Hall–Kier alpha value is -2.31. The molecule has 0 fully saturated rings. The number of carbonyl (C=O) groups excluding carboxylic acids is 1. The fraction of sp³-hybridized carbons (Fsp3) is 0.389. The van der Waals surface area contributed by atoms with Gasteiger partial charge in [0, 0.05) is 24.5 Å². The Morgan fingerprint density at radius 2 is 1.96 bits per heavy atom. The van der Waals surface area contributed by atoms with Gasteiger partial charge in [-0.1, -0.05) is 19.9 Å². The number of likely N-dealkylation sites (N-methyl/N-ethyl adjacent to an activating group) is 1. The minimum Gasteiger partial charge on any atom is -0.375 e. The second-order valence-electron chi connectivity index (χ2n) is 5.43. The monoisotopic (exact) mass is 328 g/mol. The average Bonchev–Trinajstić information content (AvgIpc) is 2.62. The summed E-state index contributed by atoms with van der Waals surface area (Å²) in [5.74, 6) is -0.475. The van der Waals surface area contributed by atoms with Gasteiger partial charge >= 0.3 is 0 Å². The topological polar surface area (TPSA) is 81.3 Å². The van der Waals surface area contributed by atoms with Gasteiger partial charge in [-0.25, -0.2) is 0 Å². The maximum atomic E-state index is 11.2. The number of amides is 1. The number of ether oxygens (including phenoxy) is 1. The Balaban J connectivity index is 1.91. The number of primary amides is 1. The summed E-state index contributed by atoms with van der Waals surface area (Å²) >= 11 is 0. The molecule has 0 spiro atoms. The first-order valence-corrected chi connectivity index (χ1v) is 8.15. The van der Waals surface area contributed by atoms with Crippen molar-refractivity contribution in [1.82, 2.24) is 14.9 Å². The van der Waals surface area contributed by atoms with E-state index in [1.807, 2.05) is 12.1 Å². The molecule has 0 atom stereocenters. The molecule has 24 heavy (non-hydrogen) atoms. The second-order valence-corrected chi connectivity index (χ2v) is 5.43. The standard InChI is InChI=1S/C18H24N4O2/c1-3-22(4-2)9-10-24-13-14-5-6-16(21-12-14)17-11-15(18(19)23)7-8-20-17/h5-8,11-12H,3-4,9-10,13H2,1-2H3,(H2,19,23). The smallest absolute Gasteiger partial charge is 0.248 e. The molecule has 6 nitrogen and oxygen atoms in total. The van der Waals surface area contributed by atoms with Gasteiger partial charge in [-0.05, 0) is 36.9 Å². The third kappa shape index (κ3) is 5.11. The third-order valence-corrected chi connectivity index (χ3v) is 3.85. The van der Waals surface area contributed by atoms with Gasteiger partial charge in [0.25, 0.3) is 0 Å². The van der Waals surface area contributed by atoms with E-state index in [1.165, 1.54) is 0 Å². The van der Waals surface area contributed by atoms with Gasteiger partial charge in [-0.3, -0.25) is 14.8 Å². The fourth-order valence-electron chi connectivity index (χ4n) is 2.31. The Morgan fingerprint density at radius 3 is 2.58 bits per heavy atom. The summed E-state index contributed by atoms with van der Waals surface area (Å²) in [5.41, 5.74) is 8.04. The number of hydrogen-bond donors (Lipinski definition) is 1. The molecule has 0 aliphatic rings. The van der Waals surface area contributed by atoms with E-state index in [0.29, 0.717) is 30.2 Å². The highest BCUT2D eigenvalue weighted by atomic mass is 16.5. The lowest BCUT2D eigenvalue weighted by Gasteiger charge is -2.17. The summed E-state index contributed by atoms with van der Waals surface area (Å²) in [6, 6.07) is 7.06. The Morgan fingerprint density at radius 1 is 1.17 bits per heavy atom. The third-order valence-electron chi connectivity index (χ3n) is 3.85. The number of aromatic nitrogens is 2. The molecule has 0 saturated carbocycles. The molecule has 2 heterocycles. The van der Waals surface area contributed by atoms with E-state index >= 15 is 0 Å². The van der Waals surface area contributed by atoms with Crippen molar-refractivity contribution in [3.8, 4) is 11.4 Å².